The fraction of sp³-hybridized carbons (Fsp3) is 0.409. The monoisotopic (exact) mass is 447 g/mol. The Kier molecular flexibility index (Phi) is 7.44. The zero-order chi connectivity index (χ0) is 21.7. The van der Waals surface area contributed by atoms with Gasteiger partial charge in [0.2, 0.25) is 5.91 Å². The number of sulfonamides is 1. The van der Waals surface area contributed by atoms with Gasteiger partial charge in [-0.25, -0.2) is 8.42 Å². The van der Waals surface area contributed by atoms with E-state index < -0.39 is 10.0 Å². The van der Waals surface area contributed by atoms with Crippen LogP contribution >= 0.6 is 11.8 Å². The van der Waals surface area contributed by atoms with Gasteiger partial charge in [-0.1, -0.05) is 17.7 Å². The van der Waals surface area contributed by atoms with Crippen LogP contribution in [0.25, 0.3) is 0 Å². The largest absolute Gasteiger partial charge is 0.352 e. The highest BCUT2D eigenvalue weighted by Crippen LogP contribution is 2.26. The number of rotatable bonds is 7. The van der Waals surface area contributed by atoms with Crippen molar-refractivity contribution in [3.05, 3.63) is 54.1 Å². The minimum Gasteiger partial charge on any atom is -0.352 e. The van der Waals surface area contributed by atoms with Crippen LogP contribution in [0.2, 0.25) is 0 Å². The van der Waals surface area contributed by atoms with E-state index in [-0.39, 0.29) is 23.4 Å². The molecule has 1 fully saturated rings. The number of carbonyl (C=O) groups is 1. The van der Waals surface area contributed by atoms with Gasteiger partial charge in [-0.3, -0.25) is 9.10 Å². The topological polar surface area (TPSA) is 69.7 Å². The molecule has 2 aromatic carbocycles. The highest BCUT2D eigenvalue weighted by Gasteiger charge is 2.28. The lowest BCUT2D eigenvalue weighted by molar-refractivity contribution is -0.120. The summed E-state index contributed by atoms with van der Waals surface area (Å²) in [4.78, 5) is 16.2. The number of nitrogens with zero attached hydrogens (tertiary/aromatic N) is 2. The molecule has 6 nitrogen and oxygen atoms in total. The molecule has 30 heavy (non-hydrogen) atoms. The third-order valence-electron chi connectivity index (χ3n) is 5.34. The van der Waals surface area contributed by atoms with Gasteiger partial charge in [0.05, 0.1) is 10.6 Å². The predicted molar refractivity (Wildman–Crippen MR) is 123 cm³/mol. The van der Waals surface area contributed by atoms with E-state index in [1.807, 2.05) is 25.3 Å². The highest BCUT2D eigenvalue weighted by atomic mass is 32.2. The van der Waals surface area contributed by atoms with Crippen molar-refractivity contribution in [3.63, 3.8) is 0 Å². The number of benzene rings is 2. The molecule has 1 heterocycles. The summed E-state index contributed by atoms with van der Waals surface area (Å²) in [6, 6.07) is 14.0. The maximum absolute atomic E-state index is 13.4. The second kappa shape index (κ2) is 9.85. The summed E-state index contributed by atoms with van der Waals surface area (Å²) in [7, 11) is -1.82. The smallest absolute Gasteiger partial charge is 0.264 e. The SMILES string of the molecule is CSc1ccc(S(=O)(=O)N(CC(=O)NC2CCN(C)CC2)c2ccc(C)cc2)cc1. The Balaban J connectivity index is 1.84. The third kappa shape index (κ3) is 5.56. The molecule has 0 aromatic heterocycles. The number of thioether (sulfide) groups is 1. The van der Waals surface area contributed by atoms with Gasteiger partial charge in [-0.2, -0.15) is 0 Å². The van der Waals surface area contributed by atoms with E-state index in [9.17, 15) is 13.2 Å². The molecule has 0 atom stereocenters. The molecule has 0 spiro atoms. The minimum atomic E-state index is -3.88. The highest BCUT2D eigenvalue weighted by molar-refractivity contribution is 7.98. The zero-order valence-electron chi connectivity index (χ0n) is 17.7. The van der Waals surface area contributed by atoms with Crippen LogP contribution in [0.15, 0.2) is 58.3 Å². The van der Waals surface area contributed by atoms with Gasteiger partial charge in [-0.15, -0.1) is 11.8 Å². The van der Waals surface area contributed by atoms with Gasteiger partial charge >= 0.3 is 0 Å². The molecule has 0 aliphatic carbocycles. The van der Waals surface area contributed by atoms with E-state index in [0.717, 1.165) is 36.4 Å². The third-order valence-corrected chi connectivity index (χ3v) is 7.87. The van der Waals surface area contributed by atoms with Crippen molar-refractivity contribution >= 4 is 33.4 Å². The summed E-state index contributed by atoms with van der Waals surface area (Å²) in [6.45, 7) is 3.54. The summed E-state index contributed by atoms with van der Waals surface area (Å²) in [5.74, 6) is -0.283. The second-order valence-electron chi connectivity index (χ2n) is 7.67. The molecule has 0 unspecified atom stereocenters. The predicted octanol–water partition coefficient (Wildman–Crippen LogP) is 3.12. The van der Waals surface area contributed by atoms with Crippen molar-refractivity contribution in [3.8, 4) is 0 Å². The Morgan fingerprint density at radius 3 is 2.27 bits per heavy atom. The van der Waals surface area contributed by atoms with Gasteiger partial charge in [0.25, 0.3) is 10.0 Å². The lowest BCUT2D eigenvalue weighted by Crippen LogP contribution is -2.47. The lowest BCUT2D eigenvalue weighted by atomic mass is 10.1. The van der Waals surface area contributed by atoms with Crippen molar-refractivity contribution in [2.24, 2.45) is 0 Å². The number of hydrogen-bond acceptors (Lipinski definition) is 5. The van der Waals surface area contributed by atoms with Crippen LogP contribution in [0.5, 0.6) is 0 Å². The van der Waals surface area contributed by atoms with Crippen molar-refractivity contribution < 1.29 is 13.2 Å². The quantitative estimate of drug-likeness (QED) is 0.661. The van der Waals surface area contributed by atoms with Gasteiger partial charge in [0, 0.05) is 10.9 Å². The number of piperidine rings is 1. The van der Waals surface area contributed by atoms with Gasteiger partial charge in [-0.05, 0) is 82.6 Å². The Bertz CT molecular complexity index is 952. The molecule has 1 N–H and O–H groups in total. The van der Waals surface area contributed by atoms with E-state index in [1.165, 1.54) is 4.31 Å². The maximum Gasteiger partial charge on any atom is 0.264 e. The van der Waals surface area contributed by atoms with E-state index in [0.29, 0.717) is 5.69 Å². The van der Waals surface area contributed by atoms with E-state index in [4.69, 9.17) is 0 Å². The van der Waals surface area contributed by atoms with Gasteiger partial charge in [0.15, 0.2) is 0 Å². The summed E-state index contributed by atoms with van der Waals surface area (Å²) in [5, 5.41) is 3.02. The van der Waals surface area contributed by atoms with Crippen LogP contribution in [0.1, 0.15) is 18.4 Å². The fourth-order valence-electron chi connectivity index (χ4n) is 3.46. The van der Waals surface area contributed by atoms with E-state index in [1.54, 1.807) is 48.2 Å². The Morgan fingerprint density at radius 2 is 1.70 bits per heavy atom. The first-order chi connectivity index (χ1) is 14.3. The van der Waals surface area contributed by atoms with Gasteiger partial charge < -0.3 is 10.2 Å². The molecule has 0 bridgehead atoms. The molecule has 162 valence electrons. The van der Waals surface area contributed by atoms with Crippen LogP contribution in [0.4, 0.5) is 5.69 Å². The van der Waals surface area contributed by atoms with Crippen LogP contribution in [-0.4, -0.2) is 58.2 Å². The molecule has 1 saturated heterocycles. The Hall–Kier alpha value is -2.03. The molecular formula is C22H29N3O3S2. The molecule has 1 aliphatic heterocycles. The molecular weight excluding hydrogens is 418 g/mol. The van der Waals surface area contributed by atoms with Crippen LogP contribution in [0, 0.1) is 6.92 Å². The average molecular weight is 448 g/mol. The zero-order valence-corrected chi connectivity index (χ0v) is 19.3. The lowest BCUT2D eigenvalue weighted by Gasteiger charge is -2.30. The summed E-state index contributed by atoms with van der Waals surface area (Å²) in [5.41, 5.74) is 1.50. The van der Waals surface area contributed by atoms with Crippen LogP contribution in [-0.2, 0) is 14.8 Å². The normalized spacial score (nSPS) is 15.7. The molecule has 8 heteroatoms. The molecule has 1 amide bonds. The van der Waals surface area contributed by atoms with E-state index >= 15 is 0 Å². The number of aryl methyl sites for hydroxylation is 1. The van der Waals surface area contributed by atoms with Crippen molar-refractivity contribution in [2.75, 3.05) is 37.2 Å². The number of carbonyl (C=O) groups excluding carboxylic acids is 1. The molecule has 0 radical (unpaired) electrons. The molecule has 2 aromatic rings. The standard InChI is InChI=1S/C22H29N3O3S2/c1-17-4-6-19(7-5-17)25(16-22(26)23-18-12-14-24(2)15-13-18)30(27,28)21-10-8-20(29-3)9-11-21/h4-11,18H,12-16H2,1-3H3,(H,23,26). The molecule has 3 rings (SSSR count). The summed E-state index contributed by atoms with van der Waals surface area (Å²) in [6.07, 6.45) is 3.68. The average Bonchev–Trinajstić information content (AvgIpc) is 2.74. The molecule has 1 aliphatic rings. The minimum absolute atomic E-state index is 0.0807. The van der Waals surface area contributed by atoms with Crippen LogP contribution in [0.3, 0.4) is 0 Å². The first-order valence-corrected chi connectivity index (χ1v) is 12.7. The Labute approximate surface area is 183 Å². The van der Waals surface area contributed by atoms with Crippen molar-refractivity contribution in [2.45, 2.75) is 35.6 Å². The number of amides is 1. The van der Waals surface area contributed by atoms with Crippen molar-refractivity contribution in [1.82, 2.24) is 10.2 Å². The number of nitrogens with one attached hydrogen (secondary N) is 1. The fourth-order valence-corrected chi connectivity index (χ4v) is 5.29. The second-order valence-corrected chi connectivity index (χ2v) is 10.4. The van der Waals surface area contributed by atoms with Crippen molar-refractivity contribution in [1.29, 1.82) is 0 Å². The van der Waals surface area contributed by atoms with Gasteiger partial charge in [0.1, 0.15) is 6.54 Å². The van der Waals surface area contributed by atoms with Crippen LogP contribution < -0.4 is 9.62 Å². The first-order valence-electron chi connectivity index (χ1n) is 10.0. The molecule has 0 saturated carbocycles. The van der Waals surface area contributed by atoms with E-state index in [2.05, 4.69) is 17.3 Å². The number of likely N-dealkylation sites (tertiary alicyclic amines) is 1. The summed E-state index contributed by atoms with van der Waals surface area (Å²) < 4.78 is 28.0. The Morgan fingerprint density at radius 1 is 1.10 bits per heavy atom. The maximum atomic E-state index is 13.4. The number of hydrogen-bond donors (Lipinski definition) is 1. The first kappa shape index (κ1) is 22.7. The number of anilines is 1. The summed E-state index contributed by atoms with van der Waals surface area (Å²) >= 11 is 1.55.